The lowest BCUT2D eigenvalue weighted by molar-refractivity contribution is -0.117. The summed E-state index contributed by atoms with van der Waals surface area (Å²) in [4.78, 5) is 23.6. The lowest BCUT2D eigenvalue weighted by Crippen LogP contribution is -2.40. The molecule has 2 N–H and O–H groups in total. The molecule has 0 saturated carbocycles. The van der Waals surface area contributed by atoms with Gasteiger partial charge in [-0.05, 0) is 24.3 Å². The number of urea groups is 1. The second-order valence-electron chi connectivity index (χ2n) is 5.82. The van der Waals surface area contributed by atoms with E-state index in [1.165, 1.54) is 18.2 Å². The van der Waals surface area contributed by atoms with Crippen molar-refractivity contribution in [1.82, 2.24) is 25.4 Å². The quantitative estimate of drug-likeness (QED) is 0.460. The van der Waals surface area contributed by atoms with Crippen molar-refractivity contribution in [3.63, 3.8) is 0 Å². The van der Waals surface area contributed by atoms with Crippen molar-refractivity contribution in [2.75, 3.05) is 12.3 Å². The number of rotatable bonds is 7. The smallest absolute Gasteiger partial charge is 0.321 e. The highest BCUT2D eigenvalue weighted by Gasteiger charge is 2.18. The number of nitrogens with zero attached hydrogens (tertiary/aromatic N) is 3. The summed E-state index contributed by atoms with van der Waals surface area (Å²) < 4.78 is 15.1. The maximum absolute atomic E-state index is 13.4. The zero-order valence-electron chi connectivity index (χ0n) is 15.3. The average molecular weight is 411 g/mol. The van der Waals surface area contributed by atoms with Crippen LogP contribution in [0.2, 0.25) is 0 Å². The Labute approximate surface area is 171 Å². The van der Waals surface area contributed by atoms with E-state index in [-0.39, 0.29) is 18.1 Å². The summed E-state index contributed by atoms with van der Waals surface area (Å²) in [5.41, 5.74) is 1.48. The predicted molar refractivity (Wildman–Crippen MR) is 109 cm³/mol. The van der Waals surface area contributed by atoms with E-state index in [0.717, 1.165) is 17.3 Å². The van der Waals surface area contributed by atoms with Crippen molar-refractivity contribution in [3.8, 4) is 17.1 Å². The van der Waals surface area contributed by atoms with Crippen LogP contribution in [0, 0.1) is 5.82 Å². The number of nitrogens with one attached hydrogen (secondary N) is 2. The highest BCUT2D eigenvalue weighted by molar-refractivity contribution is 7.99. The molecule has 0 radical (unpaired) electrons. The molecule has 0 spiro atoms. The second-order valence-corrected chi connectivity index (χ2v) is 6.76. The topological polar surface area (TPSA) is 88.9 Å². The van der Waals surface area contributed by atoms with E-state index < -0.39 is 11.9 Å². The molecule has 0 aliphatic carbocycles. The number of thioether (sulfide) groups is 1. The van der Waals surface area contributed by atoms with Gasteiger partial charge in [-0.15, -0.1) is 16.8 Å². The van der Waals surface area contributed by atoms with Gasteiger partial charge in [0.15, 0.2) is 11.0 Å². The summed E-state index contributed by atoms with van der Waals surface area (Å²) in [5, 5.41) is 13.6. The lowest BCUT2D eigenvalue weighted by atomic mass is 10.2. The maximum atomic E-state index is 13.4. The van der Waals surface area contributed by atoms with Gasteiger partial charge in [0.05, 0.1) is 5.75 Å². The van der Waals surface area contributed by atoms with Crippen LogP contribution in [0.15, 0.2) is 72.4 Å². The normalized spacial score (nSPS) is 10.4. The molecule has 0 atom stereocenters. The Balaban J connectivity index is 1.82. The molecule has 148 valence electrons. The van der Waals surface area contributed by atoms with Crippen LogP contribution in [0.25, 0.3) is 17.1 Å². The fraction of sp³-hybridized carbons (Fsp3) is 0.100. The van der Waals surface area contributed by atoms with Crippen molar-refractivity contribution in [2.24, 2.45) is 0 Å². The number of carbonyl (C=O) groups is 2. The maximum Gasteiger partial charge on any atom is 0.321 e. The Hall–Kier alpha value is -3.46. The number of hydrogen-bond acceptors (Lipinski definition) is 5. The van der Waals surface area contributed by atoms with Crippen LogP contribution in [0.4, 0.5) is 9.18 Å². The van der Waals surface area contributed by atoms with E-state index >= 15 is 0 Å². The van der Waals surface area contributed by atoms with Gasteiger partial charge in [0.2, 0.25) is 5.91 Å². The number of halogens is 1. The lowest BCUT2D eigenvalue weighted by Gasteiger charge is -2.10. The van der Waals surface area contributed by atoms with E-state index in [1.54, 1.807) is 16.7 Å². The highest BCUT2D eigenvalue weighted by Crippen LogP contribution is 2.27. The summed E-state index contributed by atoms with van der Waals surface area (Å²) in [6, 6.07) is 14.7. The summed E-state index contributed by atoms with van der Waals surface area (Å²) >= 11 is 1.12. The minimum absolute atomic E-state index is 0.0460. The SMILES string of the molecule is C=CCNC(=O)NC(=O)CSc1nnc(-c2ccccc2)n1-c1ccc(F)cc1. The average Bonchev–Trinajstić information content (AvgIpc) is 3.16. The third kappa shape index (κ3) is 5.29. The Morgan fingerprint density at radius 1 is 1.10 bits per heavy atom. The minimum atomic E-state index is -0.597. The van der Waals surface area contributed by atoms with Crippen LogP contribution in [-0.2, 0) is 4.79 Å². The summed E-state index contributed by atoms with van der Waals surface area (Å²) in [7, 11) is 0. The third-order valence-corrected chi connectivity index (χ3v) is 4.67. The first-order valence-electron chi connectivity index (χ1n) is 8.66. The van der Waals surface area contributed by atoms with Gasteiger partial charge in [-0.1, -0.05) is 48.2 Å². The molecule has 1 aromatic heterocycles. The first-order chi connectivity index (χ1) is 14.1. The molecule has 0 unspecified atom stereocenters. The standard InChI is InChI=1S/C20H18FN5O2S/c1-2-12-22-19(28)23-17(27)13-29-20-25-24-18(14-6-4-3-5-7-14)26(20)16-10-8-15(21)9-11-16/h2-11H,1,12-13H2,(H2,22,23,27,28). The van der Waals surface area contributed by atoms with Crippen molar-refractivity contribution in [2.45, 2.75) is 5.16 Å². The number of amides is 3. The largest absolute Gasteiger partial charge is 0.334 e. The number of aromatic nitrogens is 3. The molecule has 1 heterocycles. The van der Waals surface area contributed by atoms with Crippen LogP contribution in [0.3, 0.4) is 0 Å². The van der Waals surface area contributed by atoms with Crippen molar-refractivity contribution < 1.29 is 14.0 Å². The number of imide groups is 1. The molecular formula is C20H18FN5O2S. The van der Waals surface area contributed by atoms with Crippen molar-refractivity contribution in [3.05, 3.63) is 73.1 Å². The highest BCUT2D eigenvalue weighted by atomic mass is 32.2. The number of hydrogen-bond donors (Lipinski definition) is 2. The third-order valence-electron chi connectivity index (χ3n) is 3.74. The molecule has 0 saturated heterocycles. The van der Waals surface area contributed by atoms with Gasteiger partial charge in [0, 0.05) is 17.8 Å². The number of benzene rings is 2. The van der Waals surface area contributed by atoms with Crippen molar-refractivity contribution in [1.29, 1.82) is 0 Å². The van der Waals surface area contributed by atoms with Crippen LogP contribution in [-0.4, -0.2) is 39.0 Å². The van der Waals surface area contributed by atoms with Gasteiger partial charge in [-0.3, -0.25) is 14.7 Å². The van der Waals surface area contributed by atoms with Gasteiger partial charge >= 0.3 is 6.03 Å². The summed E-state index contributed by atoms with van der Waals surface area (Å²) in [5.74, 6) is -0.326. The second kappa shape index (κ2) is 9.65. The minimum Gasteiger partial charge on any atom is -0.334 e. The summed E-state index contributed by atoms with van der Waals surface area (Å²) in [6.07, 6.45) is 1.51. The van der Waals surface area contributed by atoms with Crippen LogP contribution in [0.1, 0.15) is 0 Å². The van der Waals surface area contributed by atoms with E-state index in [0.29, 0.717) is 16.7 Å². The van der Waals surface area contributed by atoms with E-state index in [9.17, 15) is 14.0 Å². The van der Waals surface area contributed by atoms with Crippen LogP contribution < -0.4 is 10.6 Å². The number of carbonyl (C=O) groups excluding carboxylic acids is 2. The molecular weight excluding hydrogens is 393 g/mol. The monoisotopic (exact) mass is 411 g/mol. The van der Waals surface area contributed by atoms with E-state index in [2.05, 4.69) is 27.4 Å². The molecule has 0 aliphatic rings. The Morgan fingerprint density at radius 2 is 1.83 bits per heavy atom. The fourth-order valence-electron chi connectivity index (χ4n) is 2.46. The van der Waals surface area contributed by atoms with Crippen LogP contribution >= 0.6 is 11.8 Å². The molecule has 29 heavy (non-hydrogen) atoms. The Kier molecular flexibility index (Phi) is 6.75. The molecule has 2 aromatic carbocycles. The van der Waals surface area contributed by atoms with Gasteiger partial charge in [0.25, 0.3) is 0 Å². The molecule has 0 aliphatic heterocycles. The zero-order chi connectivity index (χ0) is 20.6. The first-order valence-corrected chi connectivity index (χ1v) is 9.65. The molecule has 0 bridgehead atoms. The fourth-order valence-corrected chi connectivity index (χ4v) is 3.21. The molecule has 3 rings (SSSR count). The predicted octanol–water partition coefficient (Wildman–Crippen LogP) is 3.18. The van der Waals surface area contributed by atoms with E-state index in [1.807, 2.05) is 30.3 Å². The molecule has 3 aromatic rings. The van der Waals surface area contributed by atoms with Gasteiger partial charge in [0.1, 0.15) is 5.82 Å². The van der Waals surface area contributed by atoms with Crippen molar-refractivity contribution >= 4 is 23.7 Å². The van der Waals surface area contributed by atoms with Crippen LogP contribution in [0.5, 0.6) is 0 Å². The zero-order valence-corrected chi connectivity index (χ0v) is 16.2. The molecule has 9 heteroatoms. The van der Waals surface area contributed by atoms with Gasteiger partial charge in [-0.2, -0.15) is 0 Å². The van der Waals surface area contributed by atoms with Gasteiger partial charge < -0.3 is 5.32 Å². The molecule has 3 amide bonds. The van der Waals surface area contributed by atoms with E-state index in [4.69, 9.17) is 0 Å². The molecule has 7 nitrogen and oxygen atoms in total. The molecule has 0 fully saturated rings. The van der Waals surface area contributed by atoms with Gasteiger partial charge in [-0.25, -0.2) is 9.18 Å². The first kappa shape index (κ1) is 20.3. The Bertz CT molecular complexity index is 1010. The Morgan fingerprint density at radius 3 is 2.52 bits per heavy atom. The summed E-state index contributed by atoms with van der Waals surface area (Å²) in [6.45, 7) is 3.74.